The Hall–Kier alpha value is -3.67. The van der Waals surface area contributed by atoms with Crippen LogP contribution in [0.1, 0.15) is 39.6 Å². The first-order chi connectivity index (χ1) is 15.1. The molecule has 1 aliphatic carbocycles. The van der Waals surface area contributed by atoms with Gasteiger partial charge in [0.05, 0.1) is 31.2 Å². The van der Waals surface area contributed by atoms with Crippen molar-refractivity contribution < 1.29 is 14.3 Å². The van der Waals surface area contributed by atoms with Crippen molar-refractivity contribution in [3.05, 3.63) is 77.2 Å². The number of hydrogen-bond acceptors (Lipinski definition) is 5. The van der Waals surface area contributed by atoms with E-state index in [4.69, 9.17) is 14.5 Å². The lowest BCUT2D eigenvalue weighted by Gasteiger charge is -2.24. The zero-order valence-corrected chi connectivity index (χ0v) is 17.8. The average molecular weight is 413 g/mol. The number of fused-ring (bicyclic) bond motifs is 2. The summed E-state index contributed by atoms with van der Waals surface area (Å²) in [5.41, 5.74) is 6.27. The summed E-state index contributed by atoms with van der Waals surface area (Å²) >= 11 is 0. The van der Waals surface area contributed by atoms with E-state index in [0.717, 1.165) is 33.7 Å². The van der Waals surface area contributed by atoms with Gasteiger partial charge < -0.3 is 9.47 Å². The Morgan fingerprint density at radius 2 is 1.77 bits per heavy atom. The molecule has 2 heterocycles. The number of carbonyl (C=O) groups excluding carboxylic acids is 1. The number of nitrogens with zero attached hydrogens (tertiary/aromatic N) is 3. The van der Waals surface area contributed by atoms with Crippen molar-refractivity contribution in [3.63, 3.8) is 0 Å². The molecule has 0 radical (unpaired) electrons. The molecule has 6 nitrogen and oxygen atoms in total. The first kappa shape index (κ1) is 19.3. The van der Waals surface area contributed by atoms with E-state index >= 15 is 0 Å². The molecule has 1 unspecified atom stereocenters. The van der Waals surface area contributed by atoms with Crippen LogP contribution in [-0.2, 0) is 6.42 Å². The van der Waals surface area contributed by atoms with Crippen LogP contribution in [0.2, 0.25) is 0 Å². The molecule has 5 rings (SSSR count). The standard InChI is InChI=1S/C25H23N3O3/c1-15-24(16-7-5-4-6-8-16)25-26-20-11-18(12-21(29)19(20)14-28(25)27-15)17-9-10-22(30-2)23(13-17)31-3/h4-10,13-14,18H,11-12H2,1-3H3. The fraction of sp³-hybridized carbons (Fsp3) is 0.240. The van der Waals surface area contributed by atoms with Crippen molar-refractivity contribution in [3.8, 4) is 22.6 Å². The molecule has 1 aliphatic rings. The van der Waals surface area contributed by atoms with E-state index in [1.807, 2.05) is 49.5 Å². The monoisotopic (exact) mass is 413 g/mol. The number of benzene rings is 2. The Balaban J connectivity index is 1.59. The molecule has 2 aromatic heterocycles. The molecule has 0 saturated carbocycles. The van der Waals surface area contributed by atoms with Crippen molar-refractivity contribution in [2.45, 2.75) is 25.7 Å². The van der Waals surface area contributed by atoms with Gasteiger partial charge >= 0.3 is 0 Å². The highest BCUT2D eigenvalue weighted by atomic mass is 16.5. The number of hydrogen-bond donors (Lipinski definition) is 0. The summed E-state index contributed by atoms with van der Waals surface area (Å²) < 4.78 is 12.5. The molecule has 0 saturated heterocycles. The Kier molecular flexibility index (Phi) is 4.70. The largest absolute Gasteiger partial charge is 0.493 e. The zero-order chi connectivity index (χ0) is 21.5. The molecule has 0 N–H and O–H groups in total. The molecular weight excluding hydrogens is 390 g/mol. The van der Waals surface area contributed by atoms with Crippen LogP contribution in [0, 0.1) is 6.92 Å². The number of ketones is 1. The lowest BCUT2D eigenvalue weighted by Crippen LogP contribution is -2.21. The van der Waals surface area contributed by atoms with Crippen LogP contribution in [-0.4, -0.2) is 34.6 Å². The predicted octanol–water partition coefficient (Wildman–Crippen LogP) is 4.63. The Morgan fingerprint density at radius 3 is 2.52 bits per heavy atom. The van der Waals surface area contributed by atoms with Crippen LogP contribution in [0.15, 0.2) is 54.7 Å². The summed E-state index contributed by atoms with van der Waals surface area (Å²) in [6.07, 6.45) is 2.96. The average Bonchev–Trinajstić information content (AvgIpc) is 3.12. The number of rotatable bonds is 4. The second kappa shape index (κ2) is 7.54. The maximum Gasteiger partial charge on any atom is 0.166 e. The van der Waals surface area contributed by atoms with Gasteiger partial charge in [-0.2, -0.15) is 5.10 Å². The molecule has 156 valence electrons. The van der Waals surface area contributed by atoms with Gasteiger partial charge in [0, 0.05) is 18.2 Å². The molecule has 0 spiro atoms. The third-order valence-corrected chi connectivity index (χ3v) is 5.98. The van der Waals surface area contributed by atoms with Gasteiger partial charge in [-0.15, -0.1) is 0 Å². The number of methoxy groups -OCH3 is 2. The Labute approximate surface area is 180 Å². The Morgan fingerprint density at radius 1 is 1.00 bits per heavy atom. The van der Waals surface area contributed by atoms with Gasteiger partial charge in [-0.3, -0.25) is 4.79 Å². The summed E-state index contributed by atoms with van der Waals surface area (Å²) in [7, 11) is 3.24. The first-order valence-corrected chi connectivity index (χ1v) is 10.3. The highest BCUT2D eigenvalue weighted by Gasteiger charge is 2.29. The molecule has 0 aliphatic heterocycles. The van der Waals surface area contributed by atoms with E-state index in [9.17, 15) is 4.79 Å². The van der Waals surface area contributed by atoms with Crippen molar-refractivity contribution in [2.24, 2.45) is 0 Å². The molecule has 6 heteroatoms. The molecule has 0 amide bonds. The minimum atomic E-state index is 0.0407. The summed E-state index contributed by atoms with van der Waals surface area (Å²) in [4.78, 5) is 18.0. The minimum Gasteiger partial charge on any atom is -0.493 e. The summed E-state index contributed by atoms with van der Waals surface area (Å²) in [6.45, 7) is 1.98. The molecule has 2 aromatic carbocycles. The summed E-state index contributed by atoms with van der Waals surface area (Å²) in [6, 6.07) is 16.0. The smallest absolute Gasteiger partial charge is 0.166 e. The SMILES string of the molecule is COc1ccc(C2CC(=O)c3cn4nc(C)c(-c5ccccc5)c4nc3C2)cc1OC. The maximum atomic E-state index is 13.0. The first-order valence-electron chi connectivity index (χ1n) is 10.3. The van der Waals surface area contributed by atoms with Crippen LogP contribution >= 0.6 is 0 Å². The lowest BCUT2D eigenvalue weighted by atomic mass is 9.82. The fourth-order valence-corrected chi connectivity index (χ4v) is 4.43. The van der Waals surface area contributed by atoms with Crippen molar-refractivity contribution >= 4 is 11.4 Å². The van der Waals surface area contributed by atoms with Crippen molar-refractivity contribution in [1.29, 1.82) is 0 Å². The van der Waals surface area contributed by atoms with Gasteiger partial charge in [-0.05, 0) is 42.5 Å². The topological polar surface area (TPSA) is 65.7 Å². The van der Waals surface area contributed by atoms with Gasteiger partial charge in [0.25, 0.3) is 0 Å². The van der Waals surface area contributed by atoms with Gasteiger partial charge in [0.15, 0.2) is 22.9 Å². The quantitative estimate of drug-likeness (QED) is 0.488. The molecule has 0 bridgehead atoms. The van der Waals surface area contributed by atoms with Gasteiger partial charge in [-0.1, -0.05) is 36.4 Å². The fourth-order valence-electron chi connectivity index (χ4n) is 4.43. The van der Waals surface area contributed by atoms with Crippen LogP contribution in [0.4, 0.5) is 0 Å². The number of aromatic nitrogens is 3. The third-order valence-electron chi connectivity index (χ3n) is 5.98. The van der Waals surface area contributed by atoms with E-state index in [-0.39, 0.29) is 11.7 Å². The van der Waals surface area contributed by atoms with E-state index in [1.54, 1.807) is 18.7 Å². The predicted molar refractivity (Wildman–Crippen MR) is 118 cm³/mol. The lowest BCUT2D eigenvalue weighted by molar-refractivity contribution is 0.0962. The Bertz CT molecular complexity index is 1290. The van der Waals surface area contributed by atoms with Crippen LogP contribution < -0.4 is 9.47 Å². The number of ether oxygens (including phenoxy) is 2. The molecule has 31 heavy (non-hydrogen) atoms. The number of carbonyl (C=O) groups is 1. The zero-order valence-electron chi connectivity index (χ0n) is 17.8. The highest BCUT2D eigenvalue weighted by Crippen LogP contribution is 2.37. The molecule has 4 aromatic rings. The normalized spacial score (nSPS) is 15.7. The minimum absolute atomic E-state index is 0.0407. The number of aryl methyl sites for hydroxylation is 1. The van der Waals surface area contributed by atoms with Gasteiger partial charge in [-0.25, -0.2) is 9.50 Å². The second-order valence-electron chi connectivity index (χ2n) is 7.84. The van der Waals surface area contributed by atoms with Gasteiger partial charge in [0.1, 0.15) is 0 Å². The molecular formula is C25H23N3O3. The van der Waals surface area contributed by atoms with E-state index in [2.05, 4.69) is 17.2 Å². The second-order valence-corrected chi connectivity index (χ2v) is 7.84. The maximum absolute atomic E-state index is 13.0. The summed E-state index contributed by atoms with van der Waals surface area (Å²) in [5.74, 6) is 1.47. The van der Waals surface area contributed by atoms with E-state index in [1.165, 1.54) is 0 Å². The van der Waals surface area contributed by atoms with E-state index in [0.29, 0.717) is 29.9 Å². The molecule has 0 fully saturated rings. The van der Waals surface area contributed by atoms with Crippen molar-refractivity contribution in [1.82, 2.24) is 14.6 Å². The van der Waals surface area contributed by atoms with Crippen LogP contribution in [0.5, 0.6) is 11.5 Å². The van der Waals surface area contributed by atoms with E-state index < -0.39 is 0 Å². The summed E-state index contributed by atoms with van der Waals surface area (Å²) in [5, 5.41) is 4.62. The van der Waals surface area contributed by atoms with Crippen LogP contribution in [0.25, 0.3) is 16.8 Å². The molecule has 1 atom stereocenters. The van der Waals surface area contributed by atoms with Crippen molar-refractivity contribution in [2.75, 3.05) is 14.2 Å². The third kappa shape index (κ3) is 3.24. The van der Waals surface area contributed by atoms with Gasteiger partial charge in [0.2, 0.25) is 0 Å². The highest BCUT2D eigenvalue weighted by molar-refractivity contribution is 5.99. The van der Waals surface area contributed by atoms with Crippen LogP contribution in [0.3, 0.4) is 0 Å². The number of Topliss-reactive ketones (excluding diaryl/α,β-unsaturated/α-hetero) is 1.